The van der Waals surface area contributed by atoms with Crippen LogP contribution in [0.1, 0.15) is 0 Å². The van der Waals surface area contributed by atoms with Crippen molar-refractivity contribution in [2.75, 3.05) is 0 Å². The smallest absolute Gasteiger partial charge is 0.166 e. The summed E-state index contributed by atoms with van der Waals surface area (Å²) in [5, 5.41) is 3.57. The lowest BCUT2D eigenvalue weighted by molar-refractivity contribution is 1.06. The highest BCUT2D eigenvalue weighted by atomic mass is 32.1. The summed E-state index contributed by atoms with van der Waals surface area (Å²) >= 11 is 1.78. The Morgan fingerprint density at radius 3 is 1.73 bits per heavy atom. The third kappa shape index (κ3) is 5.38. The van der Waals surface area contributed by atoms with Crippen LogP contribution in [0.2, 0.25) is 0 Å². The molecule has 5 nitrogen and oxygen atoms in total. The van der Waals surface area contributed by atoms with E-state index in [1.165, 1.54) is 25.6 Å². The molecule has 6 heteroatoms. The Morgan fingerprint density at radius 1 is 0.393 bits per heavy atom. The first-order valence-corrected chi connectivity index (χ1v) is 19.5. The lowest BCUT2D eigenvalue weighted by Gasteiger charge is -2.16. The molecule has 0 bridgehead atoms. The predicted octanol–water partition coefficient (Wildman–Crippen LogP) is 13.1. The number of rotatable bonds is 6. The first kappa shape index (κ1) is 32.2. The molecule has 7 aromatic carbocycles. The molecule has 0 fully saturated rings. The van der Waals surface area contributed by atoms with E-state index in [0.29, 0.717) is 17.5 Å². The van der Waals surface area contributed by atoms with E-state index >= 15 is 0 Å². The average molecular weight is 734 g/mol. The summed E-state index contributed by atoms with van der Waals surface area (Å²) in [5.41, 5.74) is 11.5. The molecule has 0 radical (unpaired) electrons. The molecule has 0 saturated heterocycles. The molecule has 0 saturated carbocycles. The van der Waals surface area contributed by atoms with Crippen LogP contribution in [0.4, 0.5) is 0 Å². The topological polar surface area (TPSA) is 56.5 Å². The number of hydrogen-bond acceptors (Lipinski definition) is 5. The first-order chi connectivity index (χ1) is 27.8. The number of hydrogen-bond donors (Lipinski definition) is 0. The summed E-state index contributed by atoms with van der Waals surface area (Å²) in [5.74, 6) is 1.83. The molecule has 11 rings (SSSR count). The molecule has 11 aromatic rings. The van der Waals surface area contributed by atoms with E-state index in [9.17, 15) is 0 Å². The van der Waals surface area contributed by atoms with Gasteiger partial charge in [0.25, 0.3) is 0 Å². The van der Waals surface area contributed by atoms with E-state index < -0.39 is 0 Å². The summed E-state index contributed by atoms with van der Waals surface area (Å²) in [6.45, 7) is 0. The summed E-state index contributed by atoms with van der Waals surface area (Å²) < 4.78 is 4.75. The van der Waals surface area contributed by atoms with Gasteiger partial charge in [-0.3, -0.25) is 4.98 Å². The third-order valence-corrected chi connectivity index (χ3v) is 11.7. The molecule has 4 heterocycles. The number of aromatic nitrogens is 5. The molecular formula is C50H31N5S. The number of para-hydroxylation sites is 2. The fourth-order valence-corrected chi connectivity index (χ4v) is 9.09. The van der Waals surface area contributed by atoms with Gasteiger partial charge in [0.2, 0.25) is 0 Å². The Kier molecular flexibility index (Phi) is 7.60. The molecule has 56 heavy (non-hydrogen) atoms. The van der Waals surface area contributed by atoms with Crippen molar-refractivity contribution >= 4 is 53.4 Å². The fourth-order valence-electron chi connectivity index (χ4n) is 7.90. The minimum absolute atomic E-state index is 0.603. The maximum absolute atomic E-state index is 5.32. The zero-order valence-electron chi connectivity index (χ0n) is 30.0. The Bertz CT molecular complexity index is 3200. The minimum atomic E-state index is 0.603. The van der Waals surface area contributed by atoms with E-state index in [4.69, 9.17) is 19.9 Å². The molecule has 0 unspecified atom stereocenters. The van der Waals surface area contributed by atoms with Gasteiger partial charge < -0.3 is 4.57 Å². The SMILES string of the molecule is c1ccc(-c2ccc(-c3nc(-c4ccccc4)nc(-c4cccc(-c5ccnc6c5sc5ccccc56)c4)n3)c(-n3c4ccccc4c4ccccc43)c2)cc1. The van der Waals surface area contributed by atoms with Gasteiger partial charge in [-0.2, -0.15) is 0 Å². The van der Waals surface area contributed by atoms with Gasteiger partial charge in [-0.05, 0) is 59.2 Å². The van der Waals surface area contributed by atoms with Crippen molar-refractivity contribution in [2.24, 2.45) is 0 Å². The van der Waals surface area contributed by atoms with E-state index in [-0.39, 0.29) is 0 Å². The van der Waals surface area contributed by atoms with Crippen molar-refractivity contribution in [3.8, 4) is 62.1 Å². The van der Waals surface area contributed by atoms with Gasteiger partial charge in [0, 0.05) is 49.3 Å². The second-order valence-corrected chi connectivity index (χ2v) is 14.9. The van der Waals surface area contributed by atoms with E-state index in [1.54, 1.807) is 11.3 Å². The van der Waals surface area contributed by atoms with Crippen molar-refractivity contribution in [2.45, 2.75) is 0 Å². The normalized spacial score (nSPS) is 11.6. The quantitative estimate of drug-likeness (QED) is 0.171. The summed E-state index contributed by atoms with van der Waals surface area (Å²) in [6.07, 6.45) is 1.91. The Hall–Kier alpha value is -7.28. The molecule has 4 aromatic heterocycles. The molecule has 0 aliphatic heterocycles. The van der Waals surface area contributed by atoms with E-state index in [2.05, 4.69) is 168 Å². The van der Waals surface area contributed by atoms with Crippen molar-refractivity contribution in [1.29, 1.82) is 0 Å². The molecule has 262 valence electrons. The largest absolute Gasteiger partial charge is 0.308 e. The number of benzene rings is 7. The zero-order chi connectivity index (χ0) is 37.0. The van der Waals surface area contributed by atoms with Gasteiger partial charge in [-0.15, -0.1) is 11.3 Å². The Labute approximate surface area is 326 Å². The maximum Gasteiger partial charge on any atom is 0.166 e. The van der Waals surface area contributed by atoms with Crippen LogP contribution in [-0.4, -0.2) is 24.5 Å². The van der Waals surface area contributed by atoms with Gasteiger partial charge in [-0.1, -0.05) is 140 Å². The number of thiophene rings is 1. The molecule has 0 atom stereocenters. The number of pyridine rings is 1. The molecular weight excluding hydrogens is 703 g/mol. The fraction of sp³-hybridized carbons (Fsp3) is 0. The van der Waals surface area contributed by atoms with Crippen LogP contribution < -0.4 is 0 Å². The Balaban J connectivity index is 1.15. The summed E-state index contributed by atoms with van der Waals surface area (Å²) in [4.78, 5) is 20.5. The van der Waals surface area contributed by atoms with Gasteiger partial charge in [-0.25, -0.2) is 15.0 Å². The average Bonchev–Trinajstić information content (AvgIpc) is 3.83. The molecule has 0 spiro atoms. The summed E-state index contributed by atoms with van der Waals surface area (Å²) in [7, 11) is 0. The van der Waals surface area contributed by atoms with Crippen LogP contribution in [0.25, 0.3) is 104 Å². The first-order valence-electron chi connectivity index (χ1n) is 18.6. The second kappa shape index (κ2) is 13.2. The molecule has 0 aliphatic rings. The predicted molar refractivity (Wildman–Crippen MR) is 232 cm³/mol. The van der Waals surface area contributed by atoms with Crippen molar-refractivity contribution < 1.29 is 0 Å². The van der Waals surface area contributed by atoms with Crippen LogP contribution in [0, 0.1) is 0 Å². The van der Waals surface area contributed by atoms with Crippen LogP contribution in [0.3, 0.4) is 0 Å². The standard InChI is InChI=1S/C50H31N5S/c1-3-14-32(15-4-1)34-26-27-40(44(31-34)55-42-23-10-7-20-38(42)39-21-8-11-24-43(39)55)50-53-48(33-16-5-2-6-17-33)52-49(54-50)36-19-13-18-35(30-36)37-28-29-51-46-41-22-9-12-25-45(41)56-47(37)46/h1-31H. The van der Waals surface area contributed by atoms with E-state index in [0.717, 1.165) is 61.2 Å². The second-order valence-electron chi connectivity index (χ2n) is 13.9. The van der Waals surface area contributed by atoms with Crippen molar-refractivity contribution in [3.63, 3.8) is 0 Å². The highest BCUT2D eigenvalue weighted by Crippen LogP contribution is 2.41. The summed E-state index contributed by atoms with van der Waals surface area (Å²) in [6, 6.07) is 63.7. The third-order valence-electron chi connectivity index (χ3n) is 10.5. The molecule has 0 amide bonds. The minimum Gasteiger partial charge on any atom is -0.308 e. The van der Waals surface area contributed by atoms with Crippen LogP contribution >= 0.6 is 11.3 Å². The van der Waals surface area contributed by atoms with Gasteiger partial charge in [0.15, 0.2) is 17.5 Å². The van der Waals surface area contributed by atoms with Gasteiger partial charge in [0.05, 0.1) is 26.9 Å². The van der Waals surface area contributed by atoms with Crippen LogP contribution in [0.15, 0.2) is 188 Å². The monoisotopic (exact) mass is 733 g/mol. The lowest BCUT2D eigenvalue weighted by atomic mass is 10.0. The number of nitrogens with zero attached hydrogens (tertiary/aromatic N) is 5. The van der Waals surface area contributed by atoms with Crippen molar-refractivity contribution in [1.82, 2.24) is 24.5 Å². The zero-order valence-corrected chi connectivity index (χ0v) is 30.9. The Morgan fingerprint density at radius 2 is 0.982 bits per heavy atom. The van der Waals surface area contributed by atoms with Crippen LogP contribution in [-0.2, 0) is 0 Å². The van der Waals surface area contributed by atoms with Gasteiger partial charge >= 0.3 is 0 Å². The van der Waals surface area contributed by atoms with Gasteiger partial charge in [0.1, 0.15) is 0 Å². The highest BCUT2D eigenvalue weighted by molar-refractivity contribution is 7.26. The maximum atomic E-state index is 5.32. The highest BCUT2D eigenvalue weighted by Gasteiger charge is 2.21. The lowest BCUT2D eigenvalue weighted by Crippen LogP contribution is -2.04. The van der Waals surface area contributed by atoms with Crippen LogP contribution in [0.5, 0.6) is 0 Å². The van der Waals surface area contributed by atoms with E-state index in [1.807, 2.05) is 24.4 Å². The number of fused-ring (bicyclic) bond motifs is 6. The molecule has 0 aliphatic carbocycles. The molecule has 0 N–H and O–H groups in total. The van der Waals surface area contributed by atoms with Crippen molar-refractivity contribution in [3.05, 3.63) is 188 Å².